The number of amides is 2. The molecule has 2 aliphatic rings. The van der Waals surface area contributed by atoms with Crippen molar-refractivity contribution in [3.63, 3.8) is 0 Å². The molecule has 0 spiro atoms. The molecule has 6 heteroatoms. The number of carbonyl (C=O) groups excluding carboxylic acids is 2. The van der Waals surface area contributed by atoms with Gasteiger partial charge in [0.1, 0.15) is 0 Å². The van der Waals surface area contributed by atoms with Gasteiger partial charge < -0.3 is 15.1 Å². The second kappa shape index (κ2) is 9.62. The first-order chi connectivity index (χ1) is 15.0. The molecule has 2 aliphatic heterocycles. The second-order valence-electron chi connectivity index (χ2n) is 8.47. The third kappa shape index (κ3) is 4.97. The molecule has 0 bridgehead atoms. The Bertz CT molecular complexity index is 933. The summed E-state index contributed by atoms with van der Waals surface area (Å²) in [4.78, 5) is 31.2. The van der Waals surface area contributed by atoms with Gasteiger partial charge in [0.25, 0.3) is 5.91 Å². The first-order valence-electron chi connectivity index (χ1n) is 11.3. The maximum Gasteiger partial charge on any atom is 0.251 e. The van der Waals surface area contributed by atoms with E-state index in [1.807, 2.05) is 42.2 Å². The molecule has 2 aromatic carbocycles. The summed E-state index contributed by atoms with van der Waals surface area (Å²) in [6, 6.07) is 14.1. The molecular weight excluding hydrogens is 388 g/mol. The van der Waals surface area contributed by atoms with Crippen LogP contribution in [-0.2, 0) is 11.2 Å². The van der Waals surface area contributed by atoms with Crippen molar-refractivity contribution in [1.82, 2.24) is 15.1 Å². The lowest BCUT2D eigenvalue weighted by atomic mass is 10.0. The minimum atomic E-state index is -0.0247. The Labute approximate surface area is 184 Å². The van der Waals surface area contributed by atoms with Gasteiger partial charge >= 0.3 is 0 Å². The highest BCUT2D eigenvalue weighted by Gasteiger charge is 2.23. The van der Waals surface area contributed by atoms with Crippen molar-refractivity contribution in [2.45, 2.75) is 19.8 Å². The molecule has 0 atom stereocenters. The van der Waals surface area contributed by atoms with E-state index in [1.54, 1.807) is 0 Å². The Morgan fingerprint density at radius 3 is 2.35 bits per heavy atom. The molecule has 0 aromatic heterocycles. The number of likely N-dealkylation sites (N-methyl/N-ethyl adjacent to an activating group) is 1. The van der Waals surface area contributed by atoms with Crippen LogP contribution in [0.3, 0.4) is 0 Å². The summed E-state index contributed by atoms with van der Waals surface area (Å²) < 4.78 is 0. The maximum absolute atomic E-state index is 12.5. The molecular formula is C25H32N4O2. The number of hydrogen-bond acceptors (Lipinski definition) is 4. The van der Waals surface area contributed by atoms with E-state index >= 15 is 0 Å². The molecule has 6 nitrogen and oxygen atoms in total. The third-order valence-corrected chi connectivity index (χ3v) is 6.37. The molecule has 0 radical (unpaired) electrons. The Hall–Kier alpha value is -2.70. The van der Waals surface area contributed by atoms with Crippen LogP contribution in [-0.4, -0.2) is 74.5 Å². The van der Waals surface area contributed by atoms with Gasteiger partial charge in [0.15, 0.2) is 0 Å². The van der Waals surface area contributed by atoms with Gasteiger partial charge in [-0.1, -0.05) is 25.1 Å². The van der Waals surface area contributed by atoms with Gasteiger partial charge in [0.05, 0.1) is 0 Å². The zero-order valence-corrected chi connectivity index (χ0v) is 18.6. The smallest absolute Gasteiger partial charge is 0.251 e. The van der Waals surface area contributed by atoms with Crippen molar-refractivity contribution in [2.24, 2.45) is 0 Å². The van der Waals surface area contributed by atoms with Crippen LogP contribution in [0.1, 0.15) is 29.3 Å². The molecule has 31 heavy (non-hydrogen) atoms. The molecule has 2 heterocycles. The maximum atomic E-state index is 12.5. The second-order valence-corrected chi connectivity index (χ2v) is 8.47. The zero-order chi connectivity index (χ0) is 21.8. The zero-order valence-electron chi connectivity index (χ0n) is 18.6. The number of nitrogens with zero attached hydrogens (tertiary/aromatic N) is 3. The van der Waals surface area contributed by atoms with Crippen molar-refractivity contribution in [1.29, 1.82) is 0 Å². The Kier molecular flexibility index (Phi) is 6.68. The van der Waals surface area contributed by atoms with Crippen molar-refractivity contribution in [2.75, 3.05) is 57.8 Å². The van der Waals surface area contributed by atoms with Crippen LogP contribution in [0.25, 0.3) is 11.1 Å². The quantitative estimate of drug-likeness (QED) is 0.781. The average Bonchev–Trinajstić information content (AvgIpc) is 3.23. The number of hydrogen-bond donors (Lipinski definition) is 1. The van der Waals surface area contributed by atoms with E-state index < -0.39 is 0 Å². The summed E-state index contributed by atoms with van der Waals surface area (Å²) in [7, 11) is 2.15. The Balaban J connectivity index is 1.34. The van der Waals surface area contributed by atoms with Crippen molar-refractivity contribution in [3.05, 3.63) is 53.6 Å². The van der Waals surface area contributed by atoms with Gasteiger partial charge in [-0.2, -0.15) is 0 Å². The monoisotopic (exact) mass is 420 g/mol. The van der Waals surface area contributed by atoms with Gasteiger partial charge in [0, 0.05) is 63.5 Å². The SMILES string of the molecule is CCC(=O)N1CCc2cc(-c3ccc(C(=O)NCCN4CCN(C)CC4)cc3)ccc21. The lowest BCUT2D eigenvalue weighted by Gasteiger charge is -2.32. The van der Waals surface area contributed by atoms with Crippen LogP contribution in [0.2, 0.25) is 0 Å². The molecule has 4 rings (SSSR count). The molecule has 0 unspecified atom stereocenters. The van der Waals surface area contributed by atoms with E-state index in [-0.39, 0.29) is 11.8 Å². The van der Waals surface area contributed by atoms with Crippen LogP contribution in [0.5, 0.6) is 0 Å². The third-order valence-electron chi connectivity index (χ3n) is 6.37. The predicted molar refractivity (Wildman–Crippen MR) is 124 cm³/mol. The van der Waals surface area contributed by atoms with E-state index in [1.165, 1.54) is 5.56 Å². The van der Waals surface area contributed by atoms with E-state index in [9.17, 15) is 9.59 Å². The average molecular weight is 421 g/mol. The number of anilines is 1. The van der Waals surface area contributed by atoms with Gasteiger partial charge in [-0.15, -0.1) is 0 Å². The lowest BCUT2D eigenvalue weighted by Crippen LogP contribution is -2.46. The number of nitrogens with one attached hydrogen (secondary N) is 1. The lowest BCUT2D eigenvalue weighted by molar-refractivity contribution is -0.118. The summed E-state index contributed by atoms with van der Waals surface area (Å²) in [5, 5.41) is 3.04. The number of carbonyl (C=O) groups is 2. The van der Waals surface area contributed by atoms with Crippen LogP contribution < -0.4 is 10.2 Å². The number of rotatable bonds is 6. The van der Waals surface area contributed by atoms with Crippen LogP contribution in [0.4, 0.5) is 5.69 Å². The highest BCUT2D eigenvalue weighted by molar-refractivity contribution is 5.96. The topological polar surface area (TPSA) is 55.9 Å². The first-order valence-corrected chi connectivity index (χ1v) is 11.3. The van der Waals surface area contributed by atoms with E-state index in [0.717, 1.165) is 62.5 Å². The molecule has 1 fully saturated rings. The standard InChI is InChI=1S/C25H32N4O2/c1-3-24(30)29-12-10-22-18-21(8-9-23(22)29)19-4-6-20(7-5-19)25(31)26-11-13-28-16-14-27(2)15-17-28/h4-9,18H,3,10-17H2,1-2H3,(H,26,31). The summed E-state index contributed by atoms with van der Waals surface area (Å²) in [6.07, 6.45) is 1.42. The largest absolute Gasteiger partial charge is 0.351 e. The predicted octanol–water partition coefficient (Wildman–Crippen LogP) is 2.63. The summed E-state index contributed by atoms with van der Waals surface area (Å²) in [5.41, 5.74) is 5.13. The van der Waals surface area contributed by atoms with Gasteiger partial charge in [0.2, 0.25) is 5.91 Å². The van der Waals surface area contributed by atoms with Crippen LogP contribution >= 0.6 is 0 Å². The van der Waals surface area contributed by atoms with E-state index in [0.29, 0.717) is 18.5 Å². The fraction of sp³-hybridized carbons (Fsp3) is 0.440. The number of benzene rings is 2. The fourth-order valence-electron chi connectivity index (χ4n) is 4.35. The van der Waals surface area contributed by atoms with Crippen LogP contribution in [0, 0.1) is 0 Å². The van der Waals surface area contributed by atoms with Crippen molar-refractivity contribution >= 4 is 17.5 Å². The van der Waals surface area contributed by atoms with E-state index in [4.69, 9.17) is 0 Å². The summed E-state index contributed by atoms with van der Waals surface area (Å²) in [6.45, 7) is 8.53. The molecule has 1 N–H and O–H groups in total. The van der Waals surface area contributed by atoms with Crippen molar-refractivity contribution < 1.29 is 9.59 Å². The Morgan fingerprint density at radius 2 is 1.65 bits per heavy atom. The molecule has 0 aliphatic carbocycles. The van der Waals surface area contributed by atoms with Gasteiger partial charge in [-0.05, 0) is 54.4 Å². The molecule has 2 amide bonds. The Morgan fingerprint density at radius 1 is 0.935 bits per heavy atom. The molecule has 164 valence electrons. The molecule has 0 saturated carbocycles. The minimum absolute atomic E-state index is 0.0247. The highest BCUT2D eigenvalue weighted by Crippen LogP contribution is 2.32. The number of fused-ring (bicyclic) bond motifs is 1. The van der Waals surface area contributed by atoms with Crippen molar-refractivity contribution in [3.8, 4) is 11.1 Å². The van der Waals surface area contributed by atoms with Gasteiger partial charge in [-0.25, -0.2) is 0 Å². The minimum Gasteiger partial charge on any atom is -0.351 e. The summed E-state index contributed by atoms with van der Waals surface area (Å²) >= 11 is 0. The highest BCUT2D eigenvalue weighted by atomic mass is 16.2. The summed E-state index contributed by atoms with van der Waals surface area (Å²) in [5.74, 6) is 0.151. The fourth-order valence-corrected chi connectivity index (χ4v) is 4.35. The van der Waals surface area contributed by atoms with Gasteiger partial charge in [-0.3, -0.25) is 14.5 Å². The van der Waals surface area contributed by atoms with Crippen LogP contribution in [0.15, 0.2) is 42.5 Å². The van der Waals surface area contributed by atoms with E-state index in [2.05, 4.69) is 34.3 Å². The molecule has 2 aromatic rings. The molecule has 1 saturated heterocycles. The number of piperazine rings is 1. The first kappa shape index (κ1) is 21.5. The normalized spacial score (nSPS) is 16.9.